The summed E-state index contributed by atoms with van der Waals surface area (Å²) in [4.78, 5) is 37.5. The number of anilines is 2. The number of nitrogens with one attached hydrogen (secondary N) is 2. The van der Waals surface area contributed by atoms with E-state index in [-0.39, 0.29) is 46.6 Å². The molecule has 0 spiro atoms. The number of urea groups is 1. The fraction of sp³-hybridized carbons (Fsp3) is 0.387. The molecule has 0 unspecified atom stereocenters. The minimum Gasteiger partial charge on any atom is -0.457 e. The zero-order valence-corrected chi connectivity index (χ0v) is 25.0. The van der Waals surface area contributed by atoms with Crippen LogP contribution in [0.4, 0.5) is 33.7 Å². The SMILES string of the molecule is CN1CCN(Cc2ccc(NC(=O)Nc3ccc(Oc4ccnc(C(=O)N5CCN(C)CC5)c4)cc3F)cc2C(F)(F)F)CC1. The highest BCUT2D eigenvalue weighted by molar-refractivity contribution is 6.00. The predicted octanol–water partition coefficient (Wildman–Crippen LogP) is 4.81. The van der Waals surface area contributed by atoms with Gasteiger partial charge in [-0.1, -0.05) is 6.07 Å². The van der Waals surface area contributed by atoms with E-state index in [0.717, 1.165) is 38.3 Å². The van der Waals surface area contributed by atoms with E-state index in [4.69, 9.17) is 4.74 Å². The number of hydrogen-bond acceptors (Lipinski definition) is 7. The lowest BCUT2D eigenvalue weighted by atomic mass is 10.0. The summed E-state index contributed by atoms with van der Waals surface area (Å²) in [6.07, 6.45) is -3.19. The van der Waals surface area contributed by atoms with Crippen molar-refractivity contribution >= 4 is 23.3 Å². The van der Waals surface area contributed by atoms with Crippen molar-refractivity contribution in [2.75, 3.05) is 77.1 Å². The number of benzene rings is 2. The molecule has 2 saturated heterocycles. The van der Waals surface area contributed by atoms with Crippen LogP contribution in [0.2, 0.25) is 0 Å². The molecule has 2 fully saturated rings. The lowest BCUT2D eigenvalue weighted by molar-refractivity contribution is -0.138. The number of hydrogen-bond donors (Lipinski definition) is 2. The second-order valence-electron chi connectivity index (χ2n) is 11.2. The van der Waals surface area contributed by atoms with Crippen molar-refractivity contribution in [1.29, 1.82) is 0 Å². The molecule has 0 aliphatic carbocycles. The minimum atomic E-state index is -4.62. The molecule has 3 amide bonds. The van der Waals surface area contributed by atoms with Crippen molar-refractivity contribution < 1.29 is 31.9 Å². The van der Waals surface area contributed by atoms with E-state index >= 15 is 0 Å². The van der Waals surface area contributed by atoms with Gasteiger partial charge in [-0.2, -0.15) is 13.2 Å². The summed E-state index contributed by atoms with van der Waals surface area (Å²) in [6.45, 7) is 5.69. The highest BCUT2D eigenvalue weighted by atomic mass is 19.4. The van der Waals surface area contributed by atoms with E-state index < -0.39 is 23.6 Å². The Kier molecular flexibility index (Phi) is 9.85. The molecule has 2 aliphatic rings. The summed E-state index contributed by atoms with van der Waals surface area (Å²) in [5.74, 6) is -0.674. The average molecular weight is 630 g/mol. The number of piperazine rings is 2. The van der Waals surface area contributed by atoms with Gasteiger partial charge in [-0.25, -0.2) is 9.18 Å². The van der Waals surface area contributed by atoms with Crippen LogP contribution in [-0.4, -0.2) is 103 Å². The smallest absolute Gasteiger partial charge is 0.416 e. The van der Waals surface area contributed by atoms with Crippen LogP contribution in [0.3, 0.4) is 0 Å². The third kappa shape index (κ3) is 8.47. The van der Waals surface area contributed by atoms with Crippen molar-refractivity contribution in [3.63, 3.8) is 0 Å². The Morgan fingerprint density at radius 2 is 1.51 bits per heavy atom. The van der Waals surface area contributed by atoms with Crippen LogP contribution < -0.4 is 15.4 Å². The molecule has 5 rings (SSSR count). The van der Waals surface area contributed by atoms with E-state index in [2.05, 4.69) is 25.4 Å². The van der Waals surface area contributed by atoms with Crippen LogP contribution >= 0.6 is 0 Å². The first-order valence-electron chi connectivity index (χ1n) is 14.5. The van der Waals surface area contributed by atoms with Gasteiger partial charge in [0, 0.05) is 82.9 Å². The maximum absolute atomic E-state index is 14.9. The van der Waals surface area contributed by atoms with Gasteiger partial charge in [-0.15, -0.1) is 0 Å². The molecular formula is C31H35F4N7O3. The summed E-state index contributed by atoms with van der Waals surface area (Å²) < 4.78 is 62.3. The Labute approximate surface area is 258 Å². The lowest BCUT2D eigenvalue weighted by Gasteiger charge is -2.33. The van der Waals surface area contributed by atoms with Gasteiger partial charge in [-0.05, 0) is 50.0 Å². The predicted molar refractivity (Wildman–Crippen MR) is 161 cm³/mol. The molecule has 0 saturated carbocycles. The standard InChI is InChI=1S/C31H35F4N7O3/c1-39-9-13-41(14-10-39)20-21-3-4-22(17-25(21)31(33,34)35)37-30(44)38-27-6-5-23(18-26(27)32)45-24-7-8-36-28(19-24)29(43)42-15-11-40(2)12-16-42/h3-8,17-19H,9-16,20H2,1-2H3,(H2,37,38,44). The Bertz CT molecular complexity index is 1520. The largest absolute Gasteiger partial charge is 0.457 e. The number of likely N-dealkylation sites (N-methyl/N-ethyl adjacent to an activating group) is 2. The zero-order chi connectivity index (χ0) is 32.1. The normalized spacial score (nSPS) is 16.8. The Morgan fingerprint density at radius 1 is 0.844 bits per heavy atom. The fourth-order valence-corrected chi connectivity index (χ4v) is 5.15. The topological polar surface area (TPSA) is 93.3 Å². The molecule has 2 aromatic carbocycles. The summed E-state index contributed by atoms with van der Waals surface area (Å²) in [7, 11) is 3.96. The monoisotopic (exact) mass is 629 g/mol. The first-order valence-corrected chi connectivity index (χ1v) is 14.5. The molecular weight excluding hydrogens is 594 g/mol. The van der Waals surface area contributed by atoms with Crippen molar-refractivity contribution in [2.45, 2.75) is 12.7 Å². The molecule has 3 aromatic rings. The van der Waals surface area contributed by atoms with Gasteiger partial charge < -0.3 is 30.1 Å². The molecule has 2 N–H and O–H groups in total. The Hall–Kier alpha value is -4.27. The van der Waals surface area contributed by atoms with Gasteiger partial charge in [0.05, 0.1) is 11.3 Å². The number of nitrogens with zero attached hydrogens (tertiary/aromatic N) is 5. The van der Waals surface area contributed by atoms with Crippen LogP contribution in [0.25, 0.3) is 0 Å². The van der Waals surface area contributed by atoms with Crippen molar-refractivity contribution in [1.82, 2.24) is 24.6 Å². The summed E-state index contributed by atoms with van der Waals surface area (Å²) in [6, 6.07) is 9.45. The number of pyridine rings is 1. The first-order chi connectivity index (χ1) is 21.4. The third-order valence-corrected chi connectivity index (χ3v) is 7.83. The van der Waals surface area contributed by atoms with Crippen LogP contribution in [0.1, 0.15) is 21.6 Å². The zero-order valence-electron chi connectivity index (χ0n) is 25.0. The number of amides is 3. The molecule has 10 nitrogen and oxygen atoms in total. The van der Waals surface area contributed by atoms with Crippen LogP contribution in [0.15, 0.2) is 54.7 Å². The summed E-state index contributed by atoms with van der Waals surface area (Å²) in [5, 5.41) is 4.67. The van der Waals surface area contributed by atoms with E-state index in [0.29, 0.717) is 26.2 Å². The number of halogens is 4. The molecule has 45 heavy (non-hydrogen) atoms. The molecule has 0 atom stereocenters. The quantitative estimate of drug-likeness (QED) is 0.363. The van der Waals surface area contributed by atoms with Gasteiger partial charge in [0.15, 0.2) is 0 Å². The van der Waals surface area contributed by atoms with Crippen LogP contribution in [-0.2, 0) is 12.7 Å². The van der Waals surface area contributed by atoms with Gasteiger partial charge in [-0.3, -0.25) is 14.7 Å². The maximum Gasteiger partial charge on any atom is 0.416 e. The van der Waals surface area contributed by atoms with Gasteiger partial charge in [0.1, 0.15) is 23.0 Å². The first kappa shape index (κ1) is 32.1. The van der Waals surface area contributed by atoms with E-state index in [1.54, 1.807) is 4.90 Å². The molecule has 0 radical (unpaired) electrons. The third-order valence-electron chi connectivity index (χ3n) is 7.83. The Morgan fingerprint density at radius 3 is 2.18 bits per heavy atom. The highest BCUT2D eigenvalue weighted by Gasteiger charge is 2.34. The molecule has 14 heteroatoms. The number of carbonyl (C=O) groups is 2. The van der Waals surface area contributed by atoms with E-state index in [9.17, 15) is 27.2 Å². The van der Waals surface area contributed by atoms with E-state index in [1.165, 1.54) is 42.6 Å². The van der Waals surface area contributed by atoms with Gasteiger partial charge >= 0.3 is 12.2 Å². The van der Waals surface area contributed by atoms with Crippen molar-refractivity contribution in [3.8, 4) is 11.5 Å². The van der Waals surface area contributed by atoms with Crippen molar-refractivity contribution in [2.24, 2.45) is 0 Å². The number of ether oxygens (including phenoxy) is 1. The number of aromatic nitrogens is 1. The van der Waals surface area contributed by atoms with Crippen molar-refractivity contribution in [3.05, 3.63) is 77.4 Å². The average Bonchev–Trinajstić information content (AvgIpc) is 3.00. The number of rotatable bonds is 7. The number of alkyl halides is 3. The van der Waals surface area contributed by atoms with Crippen LogP contribution in [0.5, 0.6) is 11.5 Å². The minimum absolute atomic E-state index is 0.0815. The van der Waals surface area contributed by atoms with E-state index in [1.807, 2.05) is 19.0 Å². The lowest BCUT2D eigenvalue weighted by Crippen LogP contribution is -2.47. The Balaban J connectivity index is 1.20. The molecule has 0 bridgehead atoms. The second kappa shape index (κ2) is 13.8. The highest BCUT2D eigenvalue weighted by Crippen LogP contribution is 2.35. The van der Waals surface area contributed by atoms with Gasteiger partial charge in [0.25, 0.3) is 5.91 Å². The van der Waals surface area contributed by atoms with Gasteiger partial charge in [0.2, 0.25) is 0 Å². The summed E-state index contributed by atoms with van der Waals surface area (Å²) >= 11 is 0. The second-order valence-corrected chi connectivity index (χ2v) is 11.2. The summed E-state index contributed by atoms with van der Waals surface area (Å²) in [5.41, 5.74) is -0.806. The maximum atomic E-state index is 14.9. The molecule has 240 valence electrons. The molecule has 1 aromatic heterocycles. The molecule has 3 heterocycles. The number of carbonyl (C=O) groups excluding carboxylic acids is 2. The fourth-order valence-electron chi connectivity index (χ4n) is 5.15. The molecule has 2 aliphatic heterocycles. The van der Waals surface area contributed by atoms with Crippen LogP contribution in [0, 0.1) is 5.82 Å².